The maximum Gasteiger partial charge on any atom is 0.326 e. The van der Waals surface area contributed by atoms with Crippen molar-refractivity contribution in [2.45, 2.75) is 186 Å². The first-order valence-electron chi connectivity index (χ1n) is 19.5. The van der Waals surface area contributed by atoms with E-state index in [1.54, 1.807) is 0 Å². The standard InChI is InChI=1S/C38H69N3O8/c1-30(42)19-18-28-39-35(44)27-26-33(38(48)49)41-37(47)32-24-22-31(23-25-32)29-40-34(43)20-16-14-12-10-8-6-4-2-3-5-7-9-11-13-15-17-21-36(45)46/h31-34,40,43H,2-29H2,1H3,(H,39,44)(H,41,47)(H,45,46)(H,48,49)/t31?,32?,33-,34?/m0/s1. The van der Waals surface area contributed by atoms with Gasteiger partial charge < -0.3 is 30.7 Å². The minimum absolute atomic E-state index is 0.0119. The van der Waals surface area contributed by atoms with Crippen molar-refractivity contribution in [3.05, 3.63) is 0 Å². The maximum atomic E-state index is 12.8. The molecule has 1 unspecified atom stereocenters. The summed E-state index contributed by atoms with van der Waals surface area (Å²) in [6.07, 6.45) is 23.8. The van der Waals surface area contributed by atoms with Gasteiger partial charge in [0.05, 0.1) is 0 Å². The highest BCUT2D eigenvalue weighted by Gasteiger charge is 2.29. The second kappa shape index (κ2) is 29.2. The SMILES string of the molecule is CC(=O)CCCNC(=O)CC[C@H](NC(=O)C1CCC(CNC(O)CCCCCCCCCCCCCCCCCCC(=O)O)CC1)C(=O)O. The second-order valence-electron chi connectivity index (χ2n) is 14.3. The smallest absolute Gasteiger partial charge is 0.326 e. The van der Waals surface area contributed by atoms with E-state index in [4.69, 9.17) is 5.11 Å². The quantitative estimate of drug-likeness (QED) is 0.0332. The summed E-state index contributed by atoms with van der Waals surface area (Å²) >= 11 is 0. The number of nitrogens with one attached hydrogen (secondary N) is 3. The number of unbranched alkanes of at least 4 members (excludes halogenated alkanes) is 15. The lowest BCUT2D eigenvalue weighted by atomic mass is 9.81. The molecule has 2 amide bonds. The minimum Gasteiger partial charge on any atom is -0.481 e. The fourth-order valence-electron chi connectivity index (χ4n) is 6.60. The van der Waals surface area contributed by atoms with E-state index < -0.39 is 24.2 Å². The average molecular weight is 696 g/mol. The van der Waals surface area contributed by atoms with Crippen LogP contribution in [0.3, 0.4) is 0 Å². The minimum atomic E-state index is -1.15. The summed E-state index contributed by atoms with van der Waals surface area (Å²) in [6.45, 7) is 2.57. The Bertz CT molecular complexity index is 923. The first-order chi connectivity index (χ1) is 23.6. The summed E-state index contributed by atoms with van der Waals surface area (Å²) in [5.41, 5.74) is 0. The fourth-order valence-corrected chi connectivity index (χ4v) is 6.60. The van der Waals surface area contributed by atoms with Crippen molar-refractivity contribution < 1.29 is 39.3 Å². The van der Waals surface area contributed by atoms with E-state index in [9.17, 15) is 34.2 Å². The molecule has 0 aromatic heterocycles. The number of carboxylic acid groups (broad SMARTS) is 2. The Kier molecular flexibility index (Phi) is 26.5. The number of Topliss-reactive ketones (excluding diaryl/α,β-unsaturated/α-hetero) is 1. The van der Waals surface area contributed by atoms with Crippen molar-refractivity contribution in [3.8, 4) is 0 Å². The first kappa shape index (κ1) is 44.5. The molecular formula is C38H69N3O8. The van der Waals surface area contributed by atoms with E-state index in [0.717, 1.165) is 51.4 Å². The van der Waals surface area contributed by atoms with Crippen LogP contribution in [-0.2, 0) is 24.0 Å². The first-order valence-corrected chi connectivity index (χ1v) is 19.5. The van der Waals surface area contributed by atoms with Crippen LogP contribution in [0.25, 0.3) is 0 Å². The number of aliphatic carboxylic acids is 2. The van der Waals surface area contributed by atoms with Crippen LogP contribution in [0.4, 0.5) is 0 Å². The summed E-state index contributed by atoms with van der Waals surface area (Å²) in [5, 5.41) is 37.2. The molecule has 11 heteroatoms. The summed E-state index contributed by atoms with van der Waals surface area (Å²) < 4.78 is 0. The van der Waals surface area contributed by atoms with Crippen LogP contribution in [0.5, 0.6) is 0 Å². The average Bonchev–Trinajstić information content (AvgIpc) is 3.06. The molecule has 0 spiro atoms. The Labute approximate surface area is 295 Å². The lowest BCUT2D eigenvalue weighted by Gasteiger charge is -2.29. The fraction of sp³-hybridized carbons (Fsp3) is 0.868. The molecule has 0 radical (unpaired) electrons. The van der Waals surface area contributed by atoms with Crippen molar-refractivity contribution in [1.29, 1.82) is 0 Å². The van der Waals surface area contributed by atoms with E-state index in [-0.39, 0.29) is 36.4 Å². The van der Waals surface area contributed by atoms with Crippen molar-refractivity contribution in [3.63, 3.8) is 0 Å². The van der Waals surface area contributed by atoms with Crippen LogP contribution >= 0.6 is 0 Å². The van der Waals surface area contributed by atoms with E-state index in [1.165, 1.54) is 77.6 Å². The van der Waals surface area contributed by atoms with Crippen molar-refractivity contribution in [2.24, 2.45) is 11.8 Å². The third-order valence-electron chi connectivity index (χ3n) is 9.78. The van der Waals surface area contributed by atoms with Gasteiger partial charge in [0.25, 0.3) is 0 Å². The van der Waals surface area contributed by atoms with Crippen molar-refractivity contribution in [2.75, 3.05) is 13.1 Å². The Hall–Kier alpha value is -2.53. The van der Waals surface area contributed by atoms with Gasteiger partial charge in [-0.1, -0.05) is 89.9 Å². The van der Waals surface area contributed by atoms with E-state index in [2.05, 4.69) is 16.0 Å². The molecule has 0 saturated heterocycles. The van der Waals surface area contributed by atoms with Gasteiger partial charge in [-0.25, -0.2) is 4.79 Å². The number of ketones is 1. The Balaban J connectivity index is 2.00. The lowest BCUT2D eigenvalue weighted by Crippen LogP contribution is -2.45. The lowest BCUT2D eigenvalue weighted by molar-refractivity contribution is -0.143. The van der Waals surface area contributed by atoms with Gasteiger partial charge in [0.1, 0.15) is 18.1 Å². The molecule has 1 saturated carbocycles. The molecule has 0 aromatic rings. The molecule has 6 N–H and O–H groups in total. The molecule has 0 heterocycles. The third kappa shape index (κ3) is 26.0. The molecule has 1 aliphatic rings. The Morgan fingerprint density at radius 1 is 0.633 bits per heavy atom. The zero-order valence-corrected chi connectivity index (χ0v) is 30.5. The van der Waals surface area contributed by atoms with Crippen LogP contribution < -0.4 is 16.0 Å². The number of rotatable bonds is 32. The second-order valence-corrected chi connectivity index (χ2v) is 14.3. The molecular weight excluding hydrogens is 626 g/mol. The number of carbonyl (C=O) groups excluding carboxylic acids is 3. The van der Waals surface area contributed by atoms with Crippen LogP contribution in [-0.4, -0.2) is 70.2 Å². The molecule has 0 bridgehead atoms. The highest BCUT2D eigenvalue weighted by Crippen LogP contribution is 2.29. The molecule has 1 rings (SSSR count). The highest BCUT2D eigenvalue weighted by atomic mass is 16.4. The van der Waals surface area contributed by atoms with Gasteiger partial charge >= 0.3 is 11.9 Å². The van der Waals surface area contributed by atoms with Crippen LogP contribution in [0.1, 0.15) is 174 Å². The van der Waals surface area contributed by atoms with Gasteiger partial charge in [0, 0.05) is 38.3 Å². The zero-order valence-electron chi connectivity index (χ0n) is 30.5. The highest BCUT2D eigenvalue weighted by molar-refractivity contribution is 5.85. The Morgan fingerprint density at radius 3 is 1.63 bits per heavy atom. The third-order valence-corrected chi connectivity index (χ3v) is 9.78. The summed E-state index contributed by atoms with van der Waals surface area (Å²) in [7, 11) is 0. The molecule has 0 aromatic carbocycles. The van der Waals surface area contributed by atoms with Gasteiger partial charge in [-0.05, 0) is 70.6 Å². The van der Waals surface area contributed by atoms with E-state index in [1.807, 2.05) is 0 Å². The monoisotopic (exact) mass is 696 g/mol. The number of hydrogen-bond donors (Lipinski definition) is 6. The van der Waals surface area contributed by atoms with Crippen LogP contribution in [0, 0.1) is 11.8 Å². The number of carboxylic acids is 2. The van der Waals surface area contributed by atoms with Crippen molar-refractivity contribution in [1.82, 2.24) is 16.0 Å². The van der Waals surface area contributed by atoms with Crippen LogP contribution in [0.15, 0.2) is 0 Å². The molecule has 49 heavy (non-hydrogen) atoms. The molecule has 0 aliphatic heterocycles. The molecule has 1 aliphatic carbocycles. The normalized spacial score (nSPS) is 17.3. The number of aliphatic hydroxyl groups is 1. The van der Waals surface area contributed by atoms with Gasteiger partial charge in [-0.15, -0.1) is 0 Å². The predicted octanol–water partition coefficient (Wildman–Crippen LogP) is 6.64. The summed E-state index contributed by atoms with van der Waals surface area (Å²) in [6, 6.07) is -1.11. The molecule has 2 atom stereocenters. The molecule has 11 nitrogen and oxygen atoms in total. The number of amides is 2. The zero-order chi connectivity index (χ0) is 36.1. The maximum absolute atomic E-state index is 12.8. The van der Waals surface area contributed by atoms with Gasteiger partial charge in [-0.2, -0.15) is 0 Å². The van der Waals surface area contributed by atoms with Gasteiger partial charge in [-0.3, -0.25) is 19.7 Å². The van der Waals surface area contributed by atoms with Crippen molar-refractivity contribution >= 4 is 29.5 Å². The van der Waals surface area contributed by atoms with E-state index in [0.29, 0.717) is 51.1 Å². The molecule has 1 fully saturated rings. The predicted molar refractivity (Wildman–Crippen MR) is 192 cm³/mol. The summed E-state index contributed by atoms with van der Waals surface area (Å²) in [4.78, 5) is 58.0. The number of carbonyl (C=O) groups is 5. The largest absolute Gasteiger partial charge is 0.481 e. The summed E-state index contributed by atoms with van der Waals surface area (Å²) in [5.74, 6) is -2.21. The van der Waals surface area contributed by atoms with Gasteiger partial charge in [0.2, 0.25) is 11.8 Å². The van der Waals surface area contributed by atoms with E-state index >= 15 is 0 Å². The van der Waals surface area contributed by atoms with Crippen LogP contribution in [0.2, 0.25) is 0 Å². The van der Waals surface area contributed by atoms with Gasteiger partial charge in [0.15, 0.2) is 0 Å². The molecule has 284 valence electrons. The topological polar surface area (TPSA) is 182 Å². The number of hydrogen-bond acceptors (Lipinski definition) is 7. The number of aliphatic hydroxyl groups excluding tert-OH is 1. The Morgan fingerprint density at radius 2 is 1.14 bits per heavy atom.